The molecule has 39 heavy (non-hydrogen) atoms. The van der Waals surface area contributed by atoms with Crippen LogP contribution in [0.4, 0.5) is 5.69 Å². The molecule has 1 N–H and O–H groups in total. The number of rotatable bonds is 11. The quantitative estimate of drug-likeness (QED) is 0.285. The van der Waals surface area contributed by atoms with Crippen LogP contribution in [0.3, 0.4) is 0 Å². The lowest BCUT2D eigenvalue weighted by Crippen LogP contribution is -2.52. The third-order valence-corrected chi connectivity index (χ3v) is 8.72. The molecule has 0 aromatic heterocycles. The zero-order valence-corrected chi connectivity index (χ0v) is 24.9. The molecular weight excluding hydrogens is 581 g/mol. The van der Waals surface area contributed by atoms with Crippen LogP contribution >= 0.6 is 34.8 Å². The molecule has 1 atom stereocenters. The first-order valence-electron chi connectivity index (χ1n) is 12.3. The number of sulfonamides is 1. The van der Waals surface area contributed by atoms with Crippen molar-refractivity contribution in [1.82, 2.24) is 10.2 Å². The number of hydrogen-bond donors (Lipinski definition) is 1. The van der Waals surface area contributed by atoms with Crippen LogP contribution in [0.1, 0.15) is 31.4 Å². The van der Waals surface area contributed by atoms with Gasteiger partial charge < -0.3 is 10.2 Å². The molecule has 0 fully saturated rings. The molecule has 0 spiro atoms. The van der Waals surface area contributed by atoms with Crippen LogP contribution in [0.5, 0.6) is 0 Å². The van der Waals surface area contributed by atoms with Crippen molar-refractivity contribution in [2.45, 2.75) is 44.7 Å². The highest BCUT2D eigenvalue weighted by Crippen LogP contribution is 2.28. The lowest BCUT2D eigenvalue weighted by molar-refractivity contribution is -0.140. The van der Waals surface area contributed by atoms with Gasteiger partial charge in [-0.2, -0.15) is 0 Å². The van der Waals surface area contributed by atoms with Gasteiger partial charge in [0.2, 0.25) is 11.8 Å². The first-order chi connectivity index (χ1) is 18.5. The van der Waals surface area contributed by atoms with E-state index in [1.807, 2.05) is 6.92 Å². The fourth-order valence-corrected chi connectivity index (χ4v) is 6.03. The number of amides is 2. The minimum atomic E-state index is -4.16. The number of nitrogens with one attached hydrogen (secondary N) is 1. The van der Waals surface area contributed by atoms with Crippen molar-refractivity contribution in [2.75, 3.05) is 17.4 Å². The molecule has 0 aliphatic rings. The number of halogens is 3. The fraction of sp³-hybridized carbons (Fsp3) is 0.286. The van der Waals surface area contributed by atoms with Crippen LogP contribution in [0, 0.1) is 6.92 Å². The van der Waals surface area contributed by atoms with Crippen molar-refractivity contribution in [3.63, 3.8) is 0 Å². The van der Waals surface area contributed by atoms with Gasteiger partial charge in [-0.1, -0.05) is 65.5 Å². The first-order valence-corrected chi connectivity index (χ1v) is 14.9. The van der Waals surface area contributed by atoms with Crippen LogP contribution in [0.25, 0.3) is 0 Å². The molecular formula is C28H30Cl3N3O4S. The summed E-state index contributed by atoms with van der Waals surface area (Å²) in [7, 11) is -4.16. The molecule has 2 amide bonds. The Morgan fingerprint density at radius 2 is 1.51 bits per heavy atom. The Kier molecular flexibility index (Phi) is 10.7. The van der Waals surface area contributed by atoms with Gasteiger partial charge in [-0.3, -0.25) is 13.9 Å². The number of benzene rings is 3. The Morgan fingerprint density at radius 3 is 2.08 bits per heavy atom. The Hall–Kier alpha value is -2.78. The highest BCUT2D eigenvalue weighted by atomic mass is 35.5. The lowest BCUT2D eigenvalue weighted by atomic mass is 10.1. The SMILES string of the molecule is CCNC(=O)[C@@H](CC)N(Cc1ccc(Cl)cc1Cl)C(=O)CN(c1ccc(Cl)cc1)S(=O)(=O)c1ccc(C)cc1. The Balaban J connectivity index is 2.07. The van der Waals surface area contributed by atoms with Gasteiger partial charge in [0.15, 0.2) is 0 Å². The molecule has 7 nitrogen and oxygen atoms in total. The molecule has 11 heteroatoms. The monoisotopic (exact) mass is 609 g/mol. The summed E-state index contributed by atoms with van der Waals surface area (Å²) in [6, 6.07) is 16.5. The van der Waals surface area contributed by atoms with Crippen molar-refractivity contribution in [1.29, 1.82) is 0 Å². The second-order valence-corrected chi connectivity index (χ2v) is 12.0. The molecule has 3 aromatic carbocycles. The van der Waals surface area contributed by atoms with E-state index in [1.165, 1.54) is 29.2 Å². The summed E-state index contributed by atoms with van der Waals surface area (Å²) in [6.45, 7) is 5.20. The molecule has 3 rings (SSSR count). The molecule has 0 bridgehead atoms. The number of nitrogens with zero attached hydrogens (tertiary/aromatic N) is 2. The summed E-state index contributed by atoms with van der Waals surface area (Å²) in [5.74, 6) is -0.928. The van der Waals surface area contributed by atoms with Gasteiger partial charge in [0.25, 0.3) is 10.0 Å². The van der Waals surface area contributed by atoms with Crippen molar-refractivity contribution in [3.8, 4) is 0 Å². The lowest BCUT2D eigenvalue weighted by Gasteiger charge is -2.33. The standard InChI is InChI=1S/C28H30Cl3N3O4S/c1-4-26(28(36)32-5-2)33(17-20-8-9-22(30)16-25(20)31)27(35)18-34(23-12-10-21(29)11-13-23)39(37,38)24-14-6-19(3)7-15-24/h6-16,26H,4-5,17-18H2,1-3H3,(H,32,36)/t26-/m1/s1. The molecule has 0 aliphatic heterocycles. The van der Waals surface area contributed by atoms with Gasteiger partial charge in [-0.15, -0.1) is 0 Å². The molecule has 0 unspecified atom stereocenters. The minimum Gasteiger partial charge on any atom is -0.355 e. The molecule has 0 heterocycles. The van der Waals surface area contributed by atoms with E-state index in [1.54, 1.807) is 56.3 Å². The smallest absolute Gasteiger partial charge is 0.264 e. The first kappa shape index (κ1) is 30.8. The maximum atomic E-state index is 14.0. The number of hydrogen-bond acceptors (Lipinski definition) is 4. The van der Waals surface area contributed by atoms with E-state index in [2.05, 4.69) is 5.32 Å². The van der Waals surface area contributed by atoms with E-state index in [4.69, 9.17) is 34.8 Å². The minimum absolute atomic E-state index is 0.0243. The van der Waals surface area contributed by atoms with Crippen LogP contribution in [-0.4, -0.2) is 44.3 Å². The average molecular weight is 611 g/mol. The topological polar surface area (TPSA) is 86.8 Å². The predicted molar refractivity (Wildman–Crippen MR) is 157 cm³/mol. The second kappa shape index (κ2) is 13.5. The van der Waals surface area contributed by atoms with E-state index in [9.17, 15) is 18.0 Å². The summed E-state index contributed by atoms with van der Waals surface area (Å²) in [5.41, 5.74) is 1.71. The van der Waals surface area contributed by atoms with Crippen molar-refractivity contribution >= 4 is 62.3 Å². The number of aryl methyl sites for hydroxylation is 1. The summed E-state index contributed by atoms with van der Waals surface area (Å²) >= 11 is 18.5. The third-order valence-electron chi connectivity index (χ3n) is 6.10. The molecule has 0 saturated carbocycles. The number of carbonyl (C=O) groups excluding carboxylic acids is 2. The zero-order valence-electron chi connectivity index (χ0n) is 21.8. The molecule has 0 aliphatic carbocycles. The maximum Gasteiger partial charge on any atom is 0.264 e. The van der Waals surface area contributed by atoms with Crippen molar-refractivity contribution in [2.24, 2.45) is 0 Å². The van der Waals surface area contributed by atoms with Gasteiger partial charge in [-0.05, 0) is 74.4 Å². The Bertz CT molecular complexity index is 1410. The fourth-order valence-electron chi connectivity index (χ4n) is 4.02. The average Bonchev–Trinajstić information content (AvgIpc) is 2.89. The van der Waals surface area contributed by atoms with Gasteiger partial charge in [0.1, 0.15) is 12.6 Å². The van der Waals surface area contributed by atoms with E-state index in [0.717, 1.165) is 9.87 Å². The second-order valence-electron chi connectivity index (χ2n) is 8.88. The predicted octanol–water partition coefficient (Wildman–Crippen LogP) is 6.09. The molecule has 0 saturated heterocycles. The van der Waals surface area contributed by atoms with Gasteiger partial charge in [0, 0.05) is 28.2 Å². The third kappa shape index (κ3) is 7.66. The van der Waals surface area contributed by atoms with Crippen LogP contribution < -0.4 is 9.62 Å². The van der Waals surface area contributed by atoms with Crippen LogP contribution in [0.15, 0.2) is 71.6 Å². The molecule has 208 valence electrons. The van der Waals surface area contributed by atoms with Crippen LogP contribution in [-0.2, 0) is 26.2 Å². The highest BCUT2D eigenvalue weighted by Gasteiger charge is 2.33. The van der Waals surface area contributed by atoms with E-state index >= 15 is 0 Å². The molecule has 3 aromatic rings. The Morgan fingerprint density at radius 1 is 0.897 bits per heavy atom. The van der Waals surface area contributed by atoms with Crippen LogP contribution in [0.2, 0.25) is 15.1 Å². The van der Waals surface area contributed by atoms with Gasteiger partial charge >= 0.3 is 0 Å². The van der Waals surface area contributed by atoms with E-state index < -0.39 is 28.5 Å². The molecule has 0 radical (unpaired) electrons. The zero-order chi connectivity index (χ0) is 28.7. The maximum absolute atomic E-state index is 14.0. The van der Waals surface area contributed by atoms with Gasteiger partial charge in [-0.25, -0.2) is 8.42 Å². The summed E-state index contributed by atoms with van der Waals surface area (Å²) in [5, 5.41) is 3.93. The van der Waals surface area contributed by atoms with E-state index in [-0.39, 0.29) is 23.0 Å². The highest BCUT2D eigenvalue weighted by molar-refractivity contribution is 7.92. The largest absolute Gasteiger partial charge is 0.355 e. The number of likely N-dealkylation sites (N-methyl/N-ethyl adjacent to an activating group) is 1. The van der Waals surface area contributed by atoms with Crippen molar-refractivity contribution < 1.29 is 18.0 Å². The number of carbonyl (C=O) groups is 2. The summed E-state index contributed by atoms with van der Waals surface area (Å²) < 4.78 is 28.7. The van der Waals surface area contributed by atoms with Gasteiger partial charge in [0.05, 0.1) is 10.6 Å². The Labute approximate surface area is 244 Å². The summed E-state index contributed by atoms with van der Waals surface area (Å²) in [4.78, 5) is 28.3. The van der Waals surface area contributed by atoms with Crippen molar-refractivity contribution in [3.05, 3.63) is 92.9 Å². The normalized spacial score (nSPS) is 12.1. The summed E-state index contributed by atoms with van der Waals surface area (Å²) in [6.07, 6.45) is 0.300. The van der Waals surface area contributed by atoms with E-state index in [0.29, 0.717) is 33.6 Å². The number of anilines is 1.